The van der Waals surface area contributed by atoms with Gasteiger partial charge in [0.25, 0.3) is 5.91 Å². The van der Waals surface area contributed by atoms with E-state index in [1.165, 1.54) is 0 Å². The molecule has 4 nitrogen and oxygen atoms in total. The van der Waals surface area contributed by atoms with Gasteiger partial charge in [0.2, 0.25) is 0 Å². The van der Waals surface area contributed by atoms with Gasteiger partial charge in [-0.05, 0) is 36.8 Å². The third kappa shape index (κ3) is 5.04. The van der Waals surface area contributed by atoms with Crippen LogP contribution in [-0.2, 0) is 0 Å². The summed E-state index contributed by atoms with van der Waals surface area (Å²) in [5.41, 5.74) is 8.18. The predicted octanol–water partition coefficient (Wildman–Crippen LogP) is 4.28. The number of hydrogen-bond acceptors (Lipinski definition) is 3. The Morgan fingerprint density at radius 3 is 2.31 bits per heavy atom. The number of nitrogen functional groups attached to an aromatic ring is 1. The minimum atomic E-state index is 0. The Morgan fingerprint density at radius 2 is 1.69 bits per heavy atom. The van der Waals surface area contributed by atoms with Crippen LogP contribution in [-0.4, -0.2) is 41.9 Å². The highest BCUT2D eigenvalue weighted by Crippen LogP contribution is 2.28. The Balaban J connectivity index is 0.00000169. The molecule has 1 fully saturated rings. The number of amides is 1. The van der Waals surface area contributed by atoms with Crippen molar-refractivity contribution in [2.24, 2.45) is 0 Å². The van der Waals surface area contributed by atoms with Crippen LogP contribution in [0.1, 0.15) is 28.9 Å². The lowest BCUT2D eigenvalue weighted by atomic mass is 10.1. The second-order valence-corrected chi connectivity index (χ2v) is 6.56. The van der Waals surface area contributed by atoms with Gasteiger partial charge in [0, 0.05) is 48.5 Å². The first-order valence-corrected chi connectivity index (χ1v) is 8.57. The molecule has 0 radical (unpaired) electrons. The minimum Gasteiger partial charge on any atom is -0.399 e. The molecule has 1 amide bonds. The first kappa shape index (κ1) is 22.6. The molecule has 2 aromatic carbocycles. The van der Waals surface area contributed by atoms with E-state index >= 15 is 0 Å². The second-order valence-electron chi connectivity index (χ2n) is 6.15. The van der Waals surface area contributed by atoms with Crippen molar-refractivity contribution < 1.29 is 4.79 Å². The van der Waals surface area contributed by atoms with Crippen molar-refractivity contribution in [1.29, 1.82) is 0 Å². The van der Waals surface area contributed by atoms with E-state index in [4.69, 9.17) is 17.3 Å². The summed E-state index contributed by atoms with van der Waals surface area (Å²) in [5.74, 6) is 0.0485. The molecular formula is C19H24Cl3N3O. The number of carbonyl (C=O) groups excluding carboxylic acids is 1. The largest absolute Gasteiger partial charge is 0.399 e. The van der Waals surface area contributed by atoms with Gasteiger partial charge < -0.3 is 10.6 Å². The maximum Gasteiger partial charge on any atom is 0.254 e. The van der Waals surface area contributed by atoms with Crippen LogP contribution in [0.5, 0.6) is 0 Å². The highest BCUT2D eigenvalue weighted by molar-refractivity contribution is 6.31. The Hall–Kier alpha value is -1.46. The number of benzene rings is 2. The van der Waals surface area contributed by atoms with Crippen LogP contribution < -0.4 is 5.73 Å². The van der Waals surface area contributed by atoms with E-state index in [0.29, 0.717) is 24.3 Å². The molecule has 0 bridgehead atoms. The molecule has 1 aliphatic heterocycles. The molecule has 0 aliphatic carbocycles. The van der Waals surface area contributed by atoms with Gasteiger partial charge >= 0.3 is 0 Å². The lowest BCUT2D eigenvalue weighted by molar-refractivity contribution is 0.0582. The molecular weight excluding hydrogens is 393 g/mol. The van der Waals surface area contributed by atoms with E-state index in [0.717, 1.165) is 23.7 Å². The van der Waals surface area contributed by atoms with Crippen molar-refractivity contribution in [3.05, 3.63) is 64.7 Å². The fourth-order valence-electron chi connectivity index (χ4n) is 3.18. The SMILES string of the molecule is CC(c1ccccc1Cl)N1CCN(C(=O)c2cccc(N)c2)CC1.Cl.Cl. The molecule has 7 heteroatoms. The summed E-state index contributed by atoms with van der Waals surface area (Å²) >= 11 is 6.31. The van der Waals surface area contributed by atoms with Crippen molar-refractivity contribution in [3.63, 3.8) is 0 Å². The molecule has 0 aromatic heterocycles. The smallest absolute Gasteiger partial charge is 0.254 e. The molecule has 3 rings (SSSR count). The summed E-state index contributed by atoms with van der Waals surface area (Å²) in [5, 5.41) is 0.795. The van der Waals surface area contributed by atoms with E-state index < -0.39 is 0 Å². The number of carbonyl (C=O) groups is 1. The van der Waals surface area contributed by atoms with Crippen LogP contribution in [0.2, 0.25) is 5.02 Å². The van der Waals surface area contributed by atoms with Crippen molar-refractivity contribution in [2.45, 2.75) is 13.0 Å². The zero-order valence-electron chi connectivity index (χ0n) is 14.6. The summed E-state index contributed by atoms with van der Waals surface area (Å²) in [7, 11) is 0. The number of anilines is 1. The summed E-state index contributed by atoms with van der Waals surface area (Å²) in [6.45, 7) is 5.25. The monoisotopic (exact) mass is 415 g/mol. The van der Waals surface area contributed by atoms with E-state index in [1.807, 2.05) is 35.2 Å². The van der Waals surface area contributed by atoms with E-state index in [1.54, 1.807) is 12.1 Å². The molecule has 1 aliphatic rings. The molecule has 26 heavy (non-hydrogen) atoms. The average molecular weight is 417 g/mol. The van der Waals surface area contributed by atoms with E-state index in [-0.39, 0.29) is 36.8 Å². The standard InChI is InChI=1S/C19H22ClN3O.2ClH/c1-14(17-7-2-3-8-18(17)20)22-9-11-23(12-10-22)19(24)15-5-4-6-16(21)13-15;;/h2-8,13-14H,9-12,21H2,1H3;2*1H. The van der Waals surface area contributed by atoms with Crippen LogP contribution in [0.15, 0.2) is 48.5 Å². The number of rotatable bonds is 3. The first-order valence-electron chi connectivity index (χ1n) is 8.19. The molecule has 0 saturated carbocycles. The van der Waals surface area contributed by atoms with Crippen LogP contribution in [0, 0.1) is 0 Å². The minimum absolute atomic E-state index is 0. The zero-order valence-corrected chi connectivity index (χ0v) is 17.0. The Kier molecular flexibility index (Phi) is 8.71. The van der Waals surface area contributed by atoms with Gasteiger partial charge in [-0.15, -0.1) is 24.8 Å². The summed E-state index contributed by atoms with van der Waals surface area (Å²) < 4.78 is 0. The molecule has 1 atom stereocenters. The molecule has 0 spiro atoms. The quantitative estimate of drug-likeness (QED) is 0.760. The van der Waals surface area contributed by atoms with Crippen molar-refractivity contribution in [2.75, 3.05) is 31.9 Å². The Bertz CT molecular complexity index is 733. The second kappa shape index (κ2) is 10.0. The molecule has 1 saturated heterocycles. The number of hydrogen-bond donors (Lipinski definition) is 1. The predicted molar refractivity (Wildman–Crippen MR) is 113 cm³/mol. The molecule has 2 aromatic rings. The fraction of sp³-hybridized carbons (Fsp3) is 0.316. The summed E-state index contributed by atoms with van der Waals surface area (Å²) in [6, 6.07) is 15.3. The zero-order chi connectivity index (χ0) is 17.1. The Labute approximate surface area is 172 Å². The molecule has 1 heterocycles. The van der Waals surface area contributed by atoms with Crippen LogP contribution in [0.4, 0.5) is 5.69 Å². The number of piperazine rings is 1. The number of nitrogens with two attached hydrogens (primary N) is 1. The van der Waals surface area contributed by atoms with Crippen LogP contribution >= 0.6 is 36.4 Å². The highest BCUT2D eigenvalue weighted by Gasteiger charge is 2.26. The molecule has 1 unspecified atom stereocenters. The van der Waals surface area contributed by atoms with E-state index in [9.17, 15) is 4.79 Å². The molecule has 2 N–H and O–H groups in total. The van der Waals surface area contributed by atoms with Crippen molar-refractivity contribution >= 4 is 48.0 Å². The van der Waals surface area contributed by atoms with Crippen LogP contribution in [0.25, 0.3) is 0 Å². The summed E-state index contributed by atoms with van der Waals surface area (Å²) in [6.07, 6.45) is 0. The van der Waals surface area contributed by atoms with Gasteiger partial charge in [-0.1, -0.05) is 35.9 Å². The van der Waals surface area contributed by atoms with Crippen molar-refractivity contribution in [1.82, 2.24) is 9.80 Å². The number of nitrogens with zero attached hydrogens (tertiary/aromatic N) is 2. The lowest BCUT2D eigenvalue weighted by Gasteiger charge is -2.38. The molecule has 142 valence electrons. The fourth-order valence-corrected chi connectivity index (χ4v) is 3.47. The van der Waals surface area contributed by atoms with Gasteiger partial charge in [-0.2, -0.15) is 0 Å². The van der Waals surface area contributed by atoms with Gasteiger partial charge in [0.1, 0.15) is 0 Å². The third-order valence-electron chi connectivity index (χ3n) is 4.64. The topological polar surface area (TPSA) is 49.6 Å². The average Bonchev–Trinajstić information content (AvgIpc) is 2.61. The highest BCUT2D eigenvalue weighted by atomic mass is 35.5. The summed E-state index contributed by atoms with van der Waals surface area (Å²) in [4.78, 5) is 16.8. The van der Waals surface area contributed by atoms with Gasteiger partial charge in [-0.3, -0.25) is 9.69 Å². The first-order chi connectivity index (χ1) is 11.6. The Morgan fingerprint density at radius 1 is 1.04 bits per heavy atom. The van der Waals surface area contributed by atoms with E-state index in [2.05, 4.69) is 17.9 Å². The van der Waals surface area contributed by atoms with Gasteiger partial charge in [0.15, 0.2) is 0 Å². The van der Waals surface area contributed by atoms with Crippen LogP contribution in [0.3, 0.4) is 0 Å². The van der Waals surface area contributed by atoms with Gasteiger partial charge in [-0.25, -0.2) is 0 Å². The third-order valence-corrected chi connectivity index (χ3v) is 4.98. The maximum atomic E-state index is 12.6. The number of halogens is 3. The lowest BCUT2D eigenvalue weighted by Crippen LogP contribution is -2.49. The van der Waals surface area contributed by atoms with Gasteiger partial charge in [0.05, 0.1) is 0 Å². The maximum absolute atomic E-state index is 12.6. The normalized spacial score (nSPS) is 15.5. The van der Waals surface area contributed by atoms with Crippen molar-refractivity contribution in [3.8, 4) is 0 Å².